The van der Waals surface area contributed by atoms with Gasteiger partial charge in [-0.3, -0.25) is 0 Å². The molecule has 0 atom stereocenters. The predicted octanol–water partition coefficient (Wildman–Crippen LogP) is 5.18. The van der Waals surface area contributed by atoms with E-state index in [1.54, 1.807) is 0 Å². The van der Waals surface area contributed by atoms with Crippen molar-refractivity contribution >= 4 is 22.5 Å². The van der Waals surface area contributed by atoms with Crippen molar-refractivity contribution in [1.29, 1.82) is 0 Å². The molecule has 0 aliphatic carbocycles. The minimum atomic E-state index is -2.19. The summed E-state index contributed by atoms with van der Waals surface area (Å²) < 4.78 is 15.0. The molecular formula is C18H35NO2Si2. The maximum Gasteiger partial charge on any atom is 0.354 e. The molecule has 0 spiro atoms. The van der Waals surface area contributed by atoms with E-state index in [1.165, 1.54) is 23.8 Å². The molecule has 0 aromatic heterocycles. The quantitative estimate of drug-likeness (QED) is 0.511. The minimum Gasteiger partial charge on any atom is -0.395 e. The molecule has 0 N–H and O–H groups in total. The first-order valence-electron chi connectivity index (χ1n) is 9.11. The molecule has 1 aromatic carbocycles. The average Bonchev–Trinajstić information content (AvgIpc) is 2.57. The van der Waals surface area contributed by atoms with Gasteiger partial charge in [0.05, 0.1) is 6.17 Å². The molecule has 3 nitrogen and oxygen atoms in total. The van der Waals surface area contributed by atoms with E-state index in [0.717, 1.165) is 19.4 Å². The number of nitrogens with zero attached hydrogens (tertiary/aromatic N) is 1. The monoisotopic (exact) mass is 353 g/mol. The van der Waals surface area contributed by atoms with E-state index in [9.17, 15) is 0 Å². The third kappa shape index (κ3) is 5.17. The number of anilines is 1. The van der Waals surface area contributed by atoms with Gasteiger partial charge in [-0.1, -0.05) is 39.0 Å². The van der Waals surface area contributed by atoms with Crippen LogP contribution in [-0.4, -0.2) is 36.2 Å². The highest BCUT2D eigenvalue weighted by molar-refractivity contribution is 6.85. The summed E-state index contributed by atoms with van der Waals surface area (Å²) in [6.45, 7) is 14.9. The van der Waals surface area contributed by atoms with Gasteiger partial charge in [0.15, 0.2) is 8.24 Å². The molecule has 1 rings (SSSR count). The van der Waals surface area contributed by atoms with Gasteiger partial charge in [-0.2, -0.15) is 0 Å². The lowest BCUT2D eigenvalue weighted by Crippen LogP contribution is -2.61. The van der Waals surface area contributed by atoms with Gasteiger partial charge >= 0.3 is 8.56 Å². The molecule has 0 amide bonds. The summed E-state index contributed by atoms with van der Waals surface area (Å²) in [5.41, 5.74) is 1.34. The second-order valence-corrected chi connectivity index (χ2v) is 14.5. The van der Waals surface area contributed by atoms with Crippen LogP contribution in [0.25, 0.3) is 0 Å². The molecule has 0 saturated heterocycles. The van der Waals surface area contributed by atoms with Crippen LogP contribution in [0.2, 0.25) is 24.7 Å². The standard InChI is InChI=1S/C18H35NO2Si2/c1-7-20-22(6,21-8-2)17-19(18-15-13-12-14-16-18)23(9-3,10-4)11-5/h12-16H,7-11,17H2,1-6H3. The number of benzene rings is 1. The fourth-order valence-electron chi connectivity index (χ4n) is 3.49. The Labute approximate surface area is 145 Å². The summed E-state index contributed by atoms with van der Waals surface area (Å²) in [4.78, 5) is 0. The number of hydrogen-bond donors (Lipinski definition) is 0. The minimum absolute atomic E-state index is 0.726. The van der Waals surface area contributed by atoms with Crippen molar-refractivity contribution in [2.75, 3.05) is 23.9 Å². The average molecular weight is 354 g/mol. The summed E-state index contributed by atoms with van der Waals surface area (Å²) in [5.74, 6) is 0. The van der Waals surface area contributed by atoms with Crippen molar-refractivity contribution in [3.05, 3.63) is 30.3 Å². The Morgan fingerprint density at radius 1 is 0.826 bits per heavy atom. The van der Waals surface area contributed by atoms with Crippen LogP contribution in [0.4, 0.5) is 5.69 Å². The second kappa shape index (κ2) is 9.62. The van der Waals surface area contributed by atoms with Crippen LogP contribution in [-0.2, 0) is 8.85 Å². The lowest BCUT2D eigenvalue weighted by atomic mass is 10.3. The van der Waals surface area contributed by atoms with Gasteiger partial charge in [0, 0.05) is 18.9 Å². The van der Waals surface area contributed by atoms with Crippen molar-refractivity contribution in [2.45, 2.75) is 59.3 Å². The van der Waals surface area contributed by atoms with Crippen LogP contribution in [0.5, 0.6) is 0 Å². The molecule has 1 aromatic rings. The van der Waals surface area contributed by atoms with Crippen LogP contribution in [0, 0.1) is 0 Å². The zero-order valence-electron chi connectivity index (χ0n) is 15.9. The van der Waals surface area contributed by atoms with Crippen LogP contribution in [0.15, 0.2) is 30.3 Å². The van der Waals surface area contributed by atoms with E-state index in [1.807, 2.05) is 0 Å². The summed E-state index contributed by atoms with van der Waals surface area (Å²) in [6, 6.07) is 14.7. The van der Waals surface area contributed by atoms with E-state index in [-0.39, 0.29) is 0 Å². The van der Waals surface area contributed by atoms with Crippen molar-refractivity contribution in [3.8, 4) is 0 Å². The zero-order valence-corrected chi connectivity index (χ0v) is 17.9. The Morgan fingerprint density at radius 3 is 1.70 bits per heavy atom. The smallest absolute Gasteiger partial charge is 0.354 e. The third-order valence-corrected chi connectivity index (χ3v) is 13.5. The third-order valence-electron chi connectivity index (χ3n) is 4.96. The first kappa shape index (κ1) is 20.4. The largest absolute Gasteiger partial charge is 0.395 e. The molecule has 23 heavy (non-hydrogen) atoms. The lowest BCUT2D eigenvalue weighted by Gasteiger charge is -2.45. The number of hydrogen-bond acceptors (Lipinski definition) is 3. The van der Waals surface area contributed by atoms with Gasteiger partial charge < -0.3 is 13.4 Å². The summed E-state index contributed by atoms with van der Waals surface area (Å²) >= 11 is 0. The van der Waals surface area contributed by atoms with E-state index in [2.05, 4.69) is 76.1 Å². The maximum atomic E-state index is 6.15. The number of rotatable bonds is 11. The van der Waals surface area contributed by atoms with Crippen LogP contribution >= 0.6 is 0 Å². The molecular weight excluding hydrogens is 318 g/mol. The summed E-state index contributed by atoms with van der Waals surface area (Å²) in [7, 11) is -3.74. The Hall–Kier alpha value is -0.626. The SMILES string of the molecule is CCO[Si](C)(CN(c1ccccc1)[Si](CC)(CC)CC)OCC. The van der Waals surface area contributed by atoms with Gasteiger partial charge in [-0.25, -0.2) is 0 Å². The molecule has 5 heteroatoms. The molecule has 0 heterocycles. The van der Waals surface area contributed by atoms with Crippen LogP contribution in [0.1, 0.15) is 34.6 Å². The molecule has 0 bridgehead atoms. The van der Waals surface area contributed by atoms with E-state index < -0.39 is 16.8 Å². The molecule has 132 valence electrons. The molecule has 0 radical (unpaired) electrons. The predicted molar refractivity (Wildman–Crippen MR) is 106 cm³/mol. The Kier molecular flexibility index (Phi) is 8.54. The summed E-state index contributed by atoms with van der Waals surface area (Å²) in [6.07, 6.45) is 0.931. The first-order chi connectivity index (χ1) is 11.0. The summed E-state index contributed by atoms with van der Waals surface area (Å²) in [5, 5.41) is 0. The zero-order chi connectivity index (χ0) is 17.3. The van der Waals surface area contributed by atoms with Crippen molar-refractivity contribution in [2.24, 2.45) is 0 Å². The van der Waals surface area contributed by atoms with Crippen LogP contribution < -0.4 is 4.57 Å². The highest BCUT2D eigenvalue weighted by atomic mass is 28.4. The fraction of sp³-hybridized carbons (Fsp3) is 0.667. The topological polar surface area (TPSA) is 21.7 Å². The van der Waals surface area contributed by atoms with Gasteiger partial charge in [0.2, 0.25) is 0 Å². The molecule has 0 saturated carbocycles. The van der Waals surface area contributed by atoms with Gasteiger partial charge in [-0.05, 0) is 50.7 Å². The Balaban J connectivity index is 3.23. The fourth-order valence-corrected chi connectivity index (χ4v) is 11.3. The Morgan fingerprint density at radius 2 is 1.30 bits per heavy atom. The van der Waals surface area contributed by atoms with E-state index >= 15 is 0 Å². The molecule has 0 fully saturated rings. The first-order valence-corrected chi connectivity index (χ1v) is 14.2. The van der Waals surface area contributed by atoms with Crippen molar-refractivity contribution in [3.63, 3.8) is 0 Å². The number of para-hydroxylation sites is 1. The van der Waals surface area contributed by atoms with Crippen molar-refractivity contribution in [1.82, 2.24) is 0 Å². The highest BCUT2D eigenvalue weighted by Crippen LogP contribution is 2.32. The van der Waals surface area contributed by atoms with E-state index in [0.29, 0.717) is 0 Å². The molecule has 0 aliphatic rings. The lowest BCUT2D eigenvalue weighted by molar-refractivity contribution is 0.190. The maximum absolute atomic E-state index is 6.15. The normalized spacial score (nSPS) is 12.4. The second-order valence-electron chi connectivity index (χ2n) is 6.21. The van der Waals surface area contributed by atoms with E-state index in [4.69, 9.17) is 8.85 Å². The van der Waals surface area contributed by atoms with Crippen molar-refractivity contribution < 1.29 is 8.85 Å². The van der Waals surface area contributed by atoms with Gasteiger partial charge in [0.25, 0.3) is 0 Å². The highest BCUT2D eigenvalue weighted by Gasteiger charge is 2.42. The molecule has 0 unspecified atom stereocenters. The van der Waals surface area contributed by atoms with Gasteiger partial charge in [0.1, 0.15) is 0 Å². The van der Waals surface area contributed by atoms with Crippen LogP contribution in [0.3, 0.4) is 0 Å². The molecule has 0 aliphatic heterocycles. The Bertz CT molecular complexity index is 424. The van der Waals surface area contributed by atoms with Gasteiger partial charge in [-0.15, -0.1) is 0 Å².